The number of hydrogen-bond acceptors (Lipinski definition) is 2. The molecule has 3 nitrogen and oxygen atoms in total. The summed E-state index contributed by atoms with van der Waals surface area (Å²) < 4.78 is 0. The van der Waals surface area contributed by atoms with Crippen LogP contribution in [0.15, 0.2) is 24.3 Å². The number of carbonyl (C=O) groups excluding carboxylic acids is 1. The molecule has 1 saturated heterocycles. The molecule has 0 aromatic heterocycles. The van der Waals surface area contributed by atoms with Crippen LogP contribution in [0.3, 0.4) is 0 Å². The quantitative estimate of drug-likeness (QED) is 0.911. The fraction of sp³-hybridized carbons (Fsp3) is 0.500. The Hall–Kier alpha value is -1.06. The van der Waals surface area contributed by atoms with E-state index in [-0.39, 0.29) is 18.3 Å². The summed E-state index contributed by atoms with van der Waals surface area (Å²) in [7, 11) is 1.96. The van der Waals surface area contributed by atoms with Crippen LogP contribution in [0.5, 0.6) is 0 Å². The third-order valence-electron chi connectivity index (χ3n) is 3.44. The van der Waals surface area contributed by atoms with Crippen LogP contribution in [0.25, 0.3) is 0 Å². The topological polar surface area (TPSA) is 32.3 Å². The Labute approximate surface area is 115 Å². The van der Waals surface area contributed by atoms with Gasteiger partial charge in [-0.05, 0) is 44.5 Å². The van der Waals surface area contributed by atoms with Crippen molar-refractivity contribution in [1.29, 1.82) is 0 Å². The average Bonchev–Trinajstić information content (AvgIpc) is 2.78. The van der Waals surface area contributed by atoms with Gasteiger partial charge < -0.3 is 10.2 Å². The molecule has 1 atom stereocenters. The SMILES string of the molecule is CNCC1CCN(C(=O)c2ccccc2C)C1.Cl. The number of carbonyl (C=O) groups is 1. The van der Waals surface area contributed by atoms with Gasteiger partial charge in [-0.1, -0.05) is 18.2 Å². The van der Waals surface area contributed by atoms with Crippen LogP contribution in [0.1, 0.15) is 22.3 Å². The van der Waals surface area contributed by atoms with E-state index in [2.05, 4.69) is 5.32 Å². The van der Waals surface area contributed by atoms with Crippen LogP contribution in [-0.2, 0) is 0 Å². The molecule has 18 heavy (non-hydrogen) atoms. The fourth-order valence-electron chi connectivity index (χ4n) is 2.46. The number of halogens is 1. The number of aryl methyl sites for hydroxylation is 1. The molecule has 100 valence electrons. The minimum atomic E-state index is 0. The Morgan fingerprint density at radius 1 is 1.44 bits per heavy atom. The van der Waals surface area contributed by atoms with Crippen molar-refractivity contribution in [3.63, 3.8) is 0 Å². The van der Waals surface area contributed by atoms with E-state index in [4.69, 9.17) is 0 Å². The Morgan fingerprint density at radius 2 is 2.17 bits per heavy atom. The molecule has 1 aliphatic rings. The van der Waals surface area contributed by atoms with E-state index in [1.165, 1.54) is 0 Å². The summed E-state index contributed by atoms with van der Waals surface area (Å²) in [5, 5.41) is 3.18. The van der Waals surface area contributed by atoms with Gasteiger partial charge in [0.15, 0.2) is 0 Å². The van der Waals surface area contributed by atoms with Crippen molar-refractivity contribution in [3.8, 4) is 0 Å². The van der Waals surface area contributed by atoms with E-state index in [1.807, 2.05) is 43.1 Å². The predicted molar refractivity (Wildman–Crippen MR) is 76.4 cm³/mol. The molecule has 1 fully saturated rings. The van der Waals surface area contributed by atoms with Crippen LogP contribution in [-0.4, -0.2) is 37.5 Å². The molecular formula is C14H21ClN2O. The average molecular weight is 269 g/mol. The molecule has 1 amide bonds. The highest BCUT2D eigenvalue weighted by atomic mass is 35.5. The predicted octanol–water partition coefficient (Wildman–Crippen LogP) is 2.10. The molecule has 2 rings (SSSR count). The molecule has 1 aromatic carbocycles. The summed E-state index contributed by atoms with van der Waals surface area (Å²) in [4.78, 5) is 14.3. The lowest BCUT2D eigenvalue weighted by atomic mass is 10.1. The summed E-state index contributed by atoms with van der Waals surface area (Å²) in [6.07, 6.45) is 1.11. The Morgan fingerprint density at radius 3 is 2.83 bits per heavy atom. The Balaban J connectivity index is 0.00000162. The maximum atomic E-state index is 12.3. The van der Waals surface area contributed by atoms with Crippen molar-refractivity contribution < 1.29 is 4.79 Å². The van der Waals surface area contributed by atoms with Crippen LogP contribution >= 0.6 is 12.4 Å². The normalized spacial score (nSPS) is 18.6. The maximum absolute atomic E-state index is 12.3. The Bertz CT molecular complexity index is 409. The van der Waals surface area contributed by atoms with Crippen LogP contribution in [0, 0.1) is 12.8 Å². The van der Waals surface area contributed by atoms with Gasteiger partial charge in [-0.15, -0.1) is 12.4 Å². The standard InChI is InChI=1S/C14H20N2O.ClH/c1-11-5-3-4-6-13(11)14(17)16-8-7-12(10-16)9-15-2;/h3-6,12,15H,7-10H2,1-2H3;1H. The lowest BCUT2D eigenvalue weighted by molar-refractivity contribution is 0.0786. The summed E-state index contributed by atoms with van der Waals surface area (Å²) in [6, 6.07) is 7.82. The molecule has 0 spiro atoms. The number of benzene rings is 1. The number of nitrogens with one attached hydrogen (secondary N) is 1. The first-order valence-electron chi connectivity index (χ1n) is 6.22. The lowest BCUT2D eigenvalue weighted by Gasteiger charge is -2.17. The first-order valence-corrected chi connectivity index (χ1v) is 6.22. The van der Waals surface area contributed by atoms with Crippen molar-refractivity contribution in [1.82, 2.24) is 10.2 Å². The molecule has 0 bridgehead atoms. The zero-order valence-corrected chi connectivity index (χ0v) is 11.8. The number of hydrogen-bond donors (Lipinski definition) is 1. The molecule has 4 heteroatoms. The maximum Gasteiger partial charge on any atom is 0.254 e. The number of rotatable bonds is 3. The second-order valence-electron chi connectivity index (χ2n) is 4.78. The molecule has 0 saturated carbocycles. The van der Waals surface area contributed by atoms with Crippen LogP contribution < -0.4 is 5.32 Å². The first-order chi connectivity index (χ1) is 8.22. The minimum Gasteiger partial charge on any atom is -0.338 e. The molecule has 1 unspecified atom stereocenters. The van der Waals surface area contributed by atoms with E-state index >= 15 is 0 Å². The van der Waals surface area contributed by atoms with E-state index in [0.29, 0.717) is 5.92 Å². The largest absolute Gasteiger partial charge is 0.338 e. The molecule has 1 N–H and O–H groups in total. The summed E-state index contributed by atoms with van der Waals surface area (Å²) >= 11 is 0. The highest BCUT2D eigenvalue weighted by Crippen LogP contribution is 2.19. The second-order valence-corrected chi connectivity index (χ2v) is 4.78. The Kier molecular flexibility index (Phi) is 5.63. The van der Waals surface area contributed by atoms with Gasteiger partial charge >= 0.3 is 0 Å². The zero-order chi connectivity index (χ0) is 12.3. The third kappa shape index (κ3) is 3.24. The molecule has 0 radical (unpaired) electrons. The van der Waals surface area contributed by atoms with Crippen molar-refractivity contribution in [2.75, 3.05) is 26.7 Å². The van der Waals surface area contributed by atoms with Gasteiger partial charge in [0.05, 0.1) is 0 Å². The van der Waals surface area contributed by atoms with Gasteiger partial charge in [0.2, 0.25) is 0 Å². The van der Waals surface area contributed by atoms with E-state index in [1.54, 1.807) is 0 Å². The number of nitrogens with zero attached hydrogens (tertiary/aromatic N) is 1. The minimum absolute atomic E-state index is 0. The van der Waals surface area contributed by atoms with Gasteiger partial charge in [0.25, 0.3) is 5.91 Å². The van der Waals surface area contributed by atoms with Crippen molar-refractivity contribution in [2.45, 2.75) is 13.3 Å². The fourth-order valence-corrected chi connectivity index (χ4v) is 2.46. The number of amides is 1. The molecule has 1 heterocycles. The van der Waals surface area contributed by atoms with Crippen molar-refractivity contribution in [3.05, 3.63) is 35.4 Å². The smallest absolute Gasteiger partial charge is 0.254 e. The highest BCUT2D eigenvalue weighted by Gasteiger charge is 2.26. The van der Waals surface area contributed by atoms with Crippen molar-refractivity contribution >= 4 is 18.3 Å². The summed E-state index contributed by atoms with van der Waals surface area (Å²) in [6.45, 7) is 4.76. The lowest BCUT2D eigenvalue weighted by Crippen LogP contribution is -2.30. The molecule has 1 aliphatic heterocycles. The van der Waals surface area contributed by atoms with Crippen molar-refractivity contribution in [2.24, 2.45) is 5.92 Å². The van der Waals surface area contributed by atoms with Gasteiger partial charge in [-0.3, -0.25) is 4.79 Å². The monoisotopic (exact) mass is 268 g/mol. The van der Waals surface area contributed by atoms with E-state index < -0.39 is 0 Å². The zero-order valence-electron chi connectivity index (χ0n) is 11.0. The third-order valence-corrected chi connectivity index (χ3v) is 3.44. The van der Waals surface area contributed by atoms with Gasteiger partial charge in [0.1, 0.15) is 0 Å². The first kappa shape index (κ1) is 15.0. The van der Waals surface area contributed by atoms with E-state index in [9.17, 15) is 4.79 Å². The van der Waals surface area contributed by atoms with Gasteiger partial charge in [-0.2, -0.15) is 0 Å². The number of likely N-dealkylation sites (tertiary alicyclic amines) is 1. The highest BCUT2D eigenvalue weighted by molar-refractivity contribution is 5.95. The van der Waals surface area contributed by atoms with E-state index in [0.717, 1.165) is 37.2 Å². The molecule has 1 aromatic rings. The molecule has 0 aliphatic carbocycles. The summed E-state index contributed by atoms with van der Waals surface area (Å²) in [5.41, 5.74) is 1.91. The van der Waals surface area contributed by atoms with Crippen LogP contribution in [0.2, 0.25) is 0 Å². The van der Waals surface area contributed by atoms with Crippen LogP contribution in [0.4, 0.5) is 0 Å². The second kappa shape index (κ2) is 6.76. The van der Waals surface area contributed by atoms with Gasteiger partial charge in [-0.25, -0.2) is 0 Å². The molecular weight excluding hydrogens is 248 g/mol. The van der Waals surface area contributed by atoms with Gasteiger partial charge in [0, 0.05) is 18.7 Å². The summed E-state index contributed by atoms with van der Waals surface area (Å²) in [5.74, 6) is 0.787.